The van der Waals surface area contributed by atoms with Gasteiger partial charge in [0, 0.05) is 12.0 Å². The predicted octanol–water partition coefficient (Wildman–Crippen LogP) is 3.79. The number of hydrogen-bond acceptors (Lipinski definition) is 1. The molecule has 0 aromatic heterocycles. The van der Waals surface area contributed by atoms with E-state index >= 15 is 0 Å². The molecule has 1 aliphatic rings. The highest BCUT2D eigenvalue weighted by Gasteiger charge is 2.23. The molecule has 1 aromatic rings. The molecule has 0 radical (unpaired) electrons. The van der Waals surface area contributed by atoms with Crippen molar-refractivity contribution in [1.82, 2.24) is 0 Å². The van der Waals surface area contributed by atoms with Gasteiger partial charge in [0.05, 0.1) is 0 Å². The third kappa shape index (κ3) is 2.68. The van der Waals surface area contributed by atoms with Crippen molar-refractivity contribution in [3.63, 3.8) is 0 Å². The third-order valence-corrected chi connectivity index (χ3v) is 2.88. The Hall–Kier alpha value is -1.11. The first-order valence-electron chi connectivity index (χ1n) is 5.80. The van der Waals surface area contributed by atoms with Crippen LogP contribution in [0.1, 0.15) is 54.9 Å². The van der Waals surface area contributed by atoms with E-state index < -0.39 is 0 Å². The fourth-order valence-electron chi connectivity index (χ4n) is 1.85. The number of carbonyl (C=O) groups excluding carboxylic acids is 1. The molecular formula is C14H18O. The van der Waals surface area contributed by atoms with Crippen LogP contribution in [0.5, 0.6) is 0 Å². The van der Waals surface area contributed by atoms with E-state index in [0.29, 0.717) is 12.3 Å². The van der Waals surface area contributed by atoms with E-state index in [1.54, 1.807) is 0 Å². The van der Waals surface area contributed by atoms with Gasteiger partial charge >= 0.3 is 0 Å². The van der Waals surface area contributed by atoms with E-state index in [1.807, 2.05) is 12.1 Å². The highest BCUT2D eigenvalue weighted by atomic mass is 16.1. The van der Waals surface area contributed by atoms with Gasteiger partial charge in [-0.2, -0.15) is 0 Å². The zero-order valence-corrected chi connectivity index (χ0v) is 9.49. The molecule has 1 nitrogen and oxygen atoms in total. The number of ketones is 1. The van der Waals surface area contributed by atoms with Gasteiger partial charge in [-0.3, -0.25) is 4.79 Å². The maximum atomic E-state index is 11.8. The summed E-state index contributed by atoms with van der Waals surface area (Å²) >= 11 is 0. The van der Waals surface area contributed by atoms with Gasteiger partial charge in [-0.1, -0.05) is 38.1 Å². The highest BCUT2D eigenvalue weighted by molar-refractivity contribution is 5.96. The SMILES string of the molecule is CC(C)CC(=O)c1ccc(C2CC2)cc1. The van der Waals surface area contributed by atoms with Crippen LogP contribution in [0.2, 0.25) is 0 Å². The molecule has 15 heavy (non-hydrogen) atoms. The van der Waals surface area contributed by atoms with Crippen molar-refractivity contribution in [2.75, 3.05) is 0 Å². The smallest absolute Gasteiger partial charge is 0.163 e. The van der Waals surface area contributed by atoms with Gasteiger partial charge in [0.15, 0.2) is 5.78 Å². The molecule has 0 aliphatic heterocycles. The van der Waals surface area contributed by atoms with Crippen molar-refractivity contribution in [3.05, 3.63) is 35.4 Å². The summed E-state index contributed by atoms with van der Waals surface area (Å²) in [4.78, 5) is 11.8. The van der Waals surface area contributed by atoms with Gasteiger partial charge < -0.3 is 0 Å². The Labute approximate surface area is 91.5 Å². The Morgan fingerprint density at radius 2 is 1.87 bits per heavy atom. The van der Waals surface area contributed by atoms with Gasteiger partial charge in [0.1, 0.15) is 0 Å². The second-order valence-electron chi connectivity index (χ2n) is 4.92. The molecule has 1 saturated carbocycles. The molecule has 1 fully saturated rings. The molecule has 0 saturated heterocycles. The lowest BCUT2D eigenvalue weighted by Crippen LogP contribution is -2.03. The van der Waals surface area contributed by atoms with Crippen molar-refractivity contribution in [3.8, 4) is 0 Å². The van der Waals surface area contributed by atoms with Crippen LogP contribution >= 0.6 is 0 Å². The van der Waals surface area contributed by atoms with E-state index in [0.717, 1.165) is 11.5 Å². The Morgan fingerprint density at radius 3 is 2.33 bits per heavy atom. The lowest BCUT2D eigenvalue weighted by Gasteiger charge is -2.04. The van der Waals surface area contributed by atoms with E-state index in [9.17, 15) is 4.79 Å². The molecule has 1 aliphatic carbocycles. The molecule has 0 N–H and O–H groups in total. The lowest BCUT2D eigenvalue weighted by atomic mass is 9.99. The van der Waals surface area contributed by atoms with Crippen molar-refractivity contribution in [2.24, 2.45) is 5.92 Å². The minimum absolute atomic E-state index is 0.271. The molecule has 80 valence electrons. The molecule has 0 atom stereocenters. The number of hydrogen-bond donors (Lipinski definition) is 0. The van der Waals surface area contributed by atoms with Gasteiger partial charge in [0.25, 0.3) is 0 Å². The fraction of sp³-hybridized carbons (Fsp3) is 0.500. The topological polar surface area (TPSA) is 17.1 Å². The maximum absolute atomic E-state index is 11.8. The average molecular weight is 202 g/mol. The molecule has 2 rings (SSSR count). The van der Waals surface area contributed by atoms with Crippen molar-refractivity contribution < 1.29 is 4.79 Å². The first-order valence-corrected chi connectivity index (χ1v) is 5.80. The summed E-state index contributed by atoms with van der Waals surface area (Å²) in [6, 6.07) is 8.20. The first-order chi connectivity index (χ1) is 7.16. The molecule has 0 spiro atoms. The average Bonchev–Trinajstić information content (AvgIpc) is 3.00. The molecular weight excluding hydrogens is 184 g/mol. The molecule has 0 bridgehead atoms. The minimum atomic E-state index is 0.271. The second-order valence-corrected chi connectivity index (χ2v) is 4.92. The quantitative estimate of drug-likeness (QED) is 0.679. The lowest BCUT2D eigenvalue weighted by molar-refractivity contribution is 0.0968. The predicted molar refractivity (Wildman–Crippen MR) is 62.2 cm³/mol. The summed E-state index contributed by atoms with van der Waals surface area (Å²) in [7, 11) is 0. The summed E-state index contributed by atoms with van der Waals surface area (Å²) in [5, 5.41) is 0. The van der Waals surface area contributed by atoms with Crippen molar-refractivity contribution >= 4 is 5.78 Å². The Kier molecular flexibility index (Phi) is 2.90. The van der Waals surface area contributed by atoms with Crippen LogP contribution in [-0.2, 0) is 0 Å². The molecule has 0 heterocycles. The van der Waals surface area contributed by atoms with Crippen molar-refractivity contribution in [1.29, 1.82) is 0 Å². The van der Waals surface area contributed by atoms with Gasteiger partial charge in [-0.05, 0) is 30.2 Å². The van der Waals surface area contributed by atoms with Crippen LogP contribution in [0, 0.1) is 5.92 Å². The monoisotopic (exact) mass is 202 g/mol. The van der Waals surface area contributed by atoms with Gasteiger partial charge in [-0.15, -0.1) is 0 Å². The molecule has 0 unspecified atom stereocenters. The van der Waals surface area contributed by atoms with E-state index in [2.05, 4.69) is 26.0 Å². The molecule has 1 heteroatoms. The summed E-state index contributed by atoms with van der Waals surface area (Å²) in [5.41, 5.74) is 2.27. The summed E-state index contributed by atoms with van der Waals surface area (Å²) in [6.07, 6.45) is 3.29. The third-order valence-electron chi connectivity index (χ3n) is 2.88. The second kappa shape index (κ2) is 4.18. The van der Waals surface area contributed by atoms with Crippen LogP contribution in [0.4, 0.5) is 0 Å². The fourth-order valence-corrected chi connectivity index (χ4v) is 1.85. The Balaban J connectivity index is 2.05. The van der Waals surface area contributed by atoms with Gasteiger partial charge in [-0.25, -0.2) is 0 Å². The summed E-state index contributed by atoms with van der Waals surface area (Å²) < 4.78 is 0. The number of benzene rings is 1. The summed E-state index contributed by atoms with van der Waals surface area (Å²) in [6.45, 7) is 4.16. The van der Waals surface area contributed by atoms with Crippen LogP contribution in [0.15, 0.2) is 24.3 Å². The zero-order chi connectivity index (χ0) is 10.8. The Bertz CT molecular complexity index is 344. The van der Waals surface area contributed by atoms with E-state index in [-0.39, 0.29) is 5.78 Å². The molecule has 1 aromatic carbocycles. The van der Waals surface area contributed by atoms with Gasteiger partial charge in [0.2, 0.25) is 0 Å². The number of Topliss-reactive ketones (excluding diaryl/α,β-unsaturated/α-hetero) is 1. The van der Waals surface area contributed by atoms with E-state index in [4.69, 9.17) is 0 Å². The Morgan fingerprint density at radius 1 is 1.27 bits per heavy atom. The van der Waals surface area contributed by atoms with E-state index in [1.165, 1.54) is 18.4 Å². The van der Waals surface area contributed by atoms with Crippen molar-refractivity contribution in [2.45, 2.75) is 39.0 Å². The zero-order valence-electron chi connectivity index (χ0n) is 9.49. The van der Waals surface area contributed by atoms with Crippen LogP contribution in [-0.4, -0.2) is 5.78 Å². The normalized spacial score (nSPS) is 15.7. The largest absolute Gasteiger partial charge is 0.294 e. The van der Waals surface area contributed by atoms with Crippen LogP contribution in [0.3, 0.4) is 0 Å². The standard InChI is InChI=1S/C14H18O/c1-10(2)9-14(15)13-7-5-12(6-8-13)11-3-4-11/h5-8,10-11H,3-4,9H2,1-2H3. The first kappa shape index (κ1) is 10.4. The number of rotatable bonds is 4. The minimum Gasteiger partial charge on any atom is -0.294 e. The number of carbonyl (C=O) groups is 1. The maximum Gasteiger partial charge on any atom is 0.163 e. The summed E-state index contributed by atoms with van der Waals surface area (Å²) in [5.74, 6) is 1.49. The highest BCUT2D eigenvalue weighted by Crippen LogP contribution is 2.39. The molecule has 0 amide bonds. The van der Waals surface area contributed by atoms with Crippen LogP contribution < -0.4 is 0 Å². The van der Waals surface area contributed by atoms with Crippen LogP contribution in [0.25, 0.3) is 0 Å².